The largest absolute Gasteiger partial charge is 0.450 e. The van der Waals surface area contributed by atoms with Crippen molar-refractivity contribution in [1.29, 1.82) is 0 Å². The van der Waals surface area contributed by atoms with E-state index in [1.54, 1.807) is 0 Å². The fraction of sp³-hybridized carbons (Fsp3) is 0.562. The van der Waals surface area contributed by atoms with E-state index in [-0.39, 0.29) is 33.3 Å². The number of rotatable bonds is 4. The van der Waals surface area contributed by atoms with Gasteiger partial charge in [0, 0.05) is 12.2 Å². The maximum atomic E-state index is 13.2. The van der Waals surface area contributed by atoms with Crippen LogP contribution in [0, 0.1) is 11.3 Å². The molecule has 23 heavy (non-hydrogen) atoms. The van der Waals surface area contributed by atoms with Gasteiger partial charge in [-0.15, -0.1) is 0 Å². The molecule has 5 nitrogen and oxygen atoms in total. The van der Waals surface area contributed by atoms with Gasteiger partial charge in [0.15, 0.2) is 0 Å². The average Bonchev–Trinajstić information content (AvgIpc) is 3.20. The molecule has 2 fully saturated rings. The fourth-order valence-corrected chi connectivity index (χ4v) is 3.69. The Kier molecular flexibility index (Phi) is 2.98. The van der Waals surface area contributed by atoms with E-state index >= 15 is 0 Å². The molecule has 2 saturated carbocycles. The predicted octanol–water partition coefficient (Wildman–Crippen LogP) is 1.38. The highest BCUT2D eigenvalue weighted by Crippen LogP contribution is 2.56. The third-order valence-corrected chi connectivity index (χ3v) is 5.29. The molecule has 0 aromatic heterocycles. The van der Waals surface area contributed by atoms with Gasteiger partial charge in [-0.25, -0.2) is 0 Å². The van der Waals surface area contributed by atoms with Crippen LogP contribution in [0.15, 0.2) is 22.1 Å². The Labute approximate surface area is 131 Å². The zero-order chi connectivity index (χ0) is 16.2. The van der Waals surface area contributed by atoms with Gasteiger partial charge in [0.2, 0.25) is 0 Å². The molecule has 0 spiro atoms. The second-order valence-electron chi connectivity index (χ2n) is 6.83. The maximum absolute atomic E-state index is 13.2. The maximum Gasteiger partial charge on any atom is 0.450 e. The number of nitrogens with two attached hydrogens (primary N) is 1. The third-order valence-electron chi connectivity index (χ3n) is 5.29. The molecular formula is C16H18F2N4O. The number of anilines is 1. The molecule has 4 rings (SSSR count). The summed E-state index contributed by atoms with van der Waals surface area (Å²) in [7, 11) is 0. The summed E-state index contributed by atoms with van der Waals surface area (Å²) in [5.74, 6) is 0.393. The van der Waals surface area contributed by atoms with E-state index in [0.29, 0.717) is 6.54 Å². The molecule has 0 saturated heterocycles. The van der Waals surface area contributed by atoms with Gasteiger partial charge in [-0.05, 0) is 49.1 Å². The normalized spacial score (nSPS) is 23.2. The number of alkyl halides is 2. The van der Waals surface area contributed by atoms with Gasteiger partial charge in [-0.2, -0.15) is 18.8 Å². The zero-order valence-corrected chi connectivity index (χ0v) is 12.6. The van der Waals surface area contributed by atoms with Crippen LogP contribution in [0.1, 0.15) is 42.5 Å². The molecule has 1 aromatic carbocycles. The minimum Gasteiger partial charge on any atom is -0.398 e. The Morgan fingerprint density at radius 3 is 2.48 bits per heavy atom. The molecule has 0 radical (unpaired) electrons. The van der Waals surface area contributed by atoms with Gasteiger partial charge >= 0.3 is 6.17 Å². The van der Waals surface area contributed by atoms with Crippen molar-refractivity contribution in [2.24, 2.45) is 21.3 Å². The van der Waals surface area contributed by atoms with Crippen molar-refractivity contribution >= 4 is 11.6 Å². The van der Waals surface area contributed by atoms with Crippen LogP contribution < -0.4 is 21.8 Å². The topological polar surface area (TPSA) is 79.8 Å². The van der Waals surface area contributed by atoms with Gasteiger partial charge < -0.3 is 11.1 Å². The highest BCUT2D eigenvalue weighted by atomic mass is 19.3. The average molecular weight is 320 g/mol. The number of carbonyl (C=O) groups excluding carboxylic acids is 1. The Bertz CT molecular complexity index is 797. The number of nitrogen functional groups attached to an aromatic ring is 1. The Hall–Kier alpha value is -2.05. The first-order valence-corrected chi connectivity index (χ1v) is 7.94. The Morgan fingerprint density at radius 2 is 1.91 bits per heavy atom. The van der Waals surface area contributed by atoms with Crippen molar-refractivity contribution in [3.05, 3.63) is 28.4 Å². The van der Waals surface area contributed by atoms with Crippen LogP contribution in [-0.4, -0.2) is 18.6 Å². The molecule has 122 valence electrons. The molecule has 3 N–H and O–H groups in total. The third kappa shape index (κ3) is 2.48. The number of halogens is 2. The van der Waals surface area contributed by atoms with Crippen LogP contribution in [0.4, 0.5) is 14.5 Å². The first-order valence-electron chi connectivity index (χ1n) is 7.94. The number of nitrogens with one attached hydrogen (secondary N) is 1. The smallest absolute Gasteiger partial charge is 0.398 e. The van der Waals surface area contributed by atoms with Crippen molar-refractivity contribution in [3.8, 4) is 0 Å². The van der Waals surface area contributed by atoms with Crippen LogP contribution in [0.2, 0.25) is 0 Å². The molecule has 0 bridgehead atoms. The standard InChI is InChI=1S/C16H18F2N4O/c17-16(18)21-12-6-10(11(19)7-13(12)22-16)14(23)20-8-15(4-1-5-15)9-2-3-9/h6-7,9H,1-5,8,19H2,(H,20,23). The van der Waals surface area contributed by atoms with E-state index in [1.165, 1.54) is 31.4 Å². The highest BCUT2D eigenvalue weighted by molar-refractivity contribution is 5.99. The van der Waals surface area contributed by atoms with Crippen LogP contribution >= 0.6 is 0 Å². The minimum atomic E-state index is -3.47. The van der Waals surface area contributed by atoms with Crippen LogP contribution in [0.25, 0.3) is 0 Å². The summed E-state index contributed by atoms with van der Waals surface area (Å²) in [6.45, 7) is 0.630. The Morgan fingerprint density at radius 1 is 1.26 bits per heavy atom. The number of carbonyl (C=O) groups is 1. The van der Waals surface area contributed by atoms with Crippen LogP contribution in [0.5, 0.6) is 0 Å². The summed E-state index contributed by atoms with van der Waals surface area (Å²) in [5, 5.41) is 2.97. The monoisotopic (exact) mass is 320 g/mol. The van der Waals surface area contributed by atoms with Gasteiger partial charge in [-0.1, -0.05) is 6.42 Å². The van der Waals surface area contributed by atoms with Crippen LogP contribution in [-0.2, 0) is 0 Å². The summed E-state index contributed by atoms with van der Waals surface area (Å²) in [6, 6.07) is 2.59. The minimum absolute atomic E-state index is 0.00917. The van der Waals surface area contributed by atoms with Crippen molar-refractivity contribution < 1.29 is 13.6 Å². The summed E-state index contributed by atoms with van der Waals surface area (Å²) >= 11 is 0. The number of hydrogen-bond acceptors (Lipinski definition) is 4. The number of hydrogen-bond donors (Lipinski definition) is 2. The van der Waals surface area contributed by atoms with Crippen molar-refractivity contribution in [3.63, 3.8) is 0 Å². The number of benzene rings is 1. The first kappa shape index (κ1) is 14.5. The van der Waals surface area contributed by atoms with E-state index < -0.39 is 6.17 Å². The lowest BCUT2D eigenvalue weighted by Gasteiger charge is -2.42. The molecule has 3 aliphatic rings. The van der Waals surface area contributed by atoms with Crippen LogP contribution in [0.3, 0.4) is 0 Å². The Balaban J connectivity index is 1.55. The quantitative estimate of drug-likeness (QED) is 0.649. The van der Waals surface area contributed by atoms with E-state index in [2.05, 4.69) is 15.3 Å². The first-order chi connectivity index (χ1) is 10.9. The number of nitrogens with zero attached hydrogens (tertiary/aromatic N) is 2. The molecule has 0 atom stereocenters. The number of fused-ring (bicyclic) bond motifs is 1. The van der Waals surface area contributed by atoms with Crippen molar-refractivity contribution in [1.82, 2.24) is 5.32 Å². The predicted molar refractivity (Wildman–Crippen MR) is 79.5 cm³/mol. The highest BCUT2D eigenvalue weighted by Gasteiger charge is 2.48. The van der Waals surface area contributed by atoms with E-state index in [0.717, 1.165) is 18.8 Å². The second-order valence-corrected chi connectivity index (χ2v) is 6.83. The molecule has 7 heteroatoms. The number of amides is 1. The zero-order valence-electron chi connectivity index (χ0n) is 12.6. The molecular weight excluding hydrogens is 302 g/mol. The van der Waals surface area contributed by atoms with E-state index in [9.17, 15) is 13.6 Å². The molecule has 1 aromatic rings. The summed E-state index contributed by atoms with van der Waals surface area (Å²) in [4.78, 5) is 18.8. The molecule has 0 unspecified atom stereocenters. The summed E-state index contributed by atoms with van der Waals surface area (Å²) in [6.07, 6.45) is 2.53. The lowest BCUT2D eigenvalue weighted by Crippen LogP contribution is -2.44. The molecule has 1 aliphatic heterocycles. The fourth-order valence-electron chi connectivity index (χ4n) is 3.69. The lowest BCUT2D eigenvalue weighted by molar-refractivity contribution is 0.0194. The molecule has 2 aliphatic carbocycles. The van der Waals surface area contributed by atoms with Gasteiger partial charge in [0.05, 0.1) is 16.3 Å². The van der Waals surface area contributed by atoms with E-state index in [4.69, 9.17) is 5.73 Å². The van der Waals surface area contributed by atoms with Crippen molar-refractivity contribution in [2.75, 3.05) is 12.3 Å². The van der Waals surface area contributed by atoms with E-state index in [1.807, 2.05) is 0 Å². The van der Waals surface area contributed by atoms with Gasteiger partial charge in [0.25, 0.3) is 5.91 Å². The van der Waals surface area contributed by atoms with Gasteiger partial charge in [0.1, 0.15) is 0 Å². The summed E-state index contributed by atoms with van der Waals surface area (Å²) in [5.41, 5.74) is 6.41. The van der Waals surface area contributed by atoms with Gasteiger partial charge in [-0.3, -0.25) is 4.79 Å². The lowest BCUT2D eigenvalue weighted by atomic mass is 9.65. The SMILES string of the molecule is Nc1cc2c(cc1C(=O)NCC1(C3CC3)CCC1)=NC(F)(F)N=2. The second kappa shape index (κ2) is 4.72. The molecule has 1 heterocycles. The molecule has 1 amide bonds. The summed E-state index contributed by atoms with van der Waals surface area (Å²) < 4.78 is 26.4. The van der Waals surface area contributed by atoms with Crippen molar-refractivity contribution in [2.45, 2.75) is 38.3 Å².